The van der Waals surface area contributed by atoms with Crippen molar-refractivity contribution in [3.63, 3.8) is 0 Å². The number of hydrogen-bond acceptors (Lipinski definition) is 3. The zero-order chi connectivity index (χ0) is 12.1. The highest BCUT2D eigenvalue weighted by Gasteiger charge is 2.17. The van der Waals surface area contributed by atoms with E-state index in [1.54, 1.807) is 18.3 Å². The Balaban J connectivity index is 2.42. The molecule has 0 aliphatic heterocycles. The van der Waals surface area contributed by atoms with Gasteiger partial charge in [0.25, 0.3) is 0 Å². The first-order valence-electron chi connectivity index (χ1n) is 5.12. The normalized spacial score (nSPS) is 14.1. The van der Waals surface area contributed by atoms with Crippen LogP contribution in [0.3, 0.4) is 0 Å². The maximum Gasteiger partial charge on any atom is 0.229 e. The maximum absolute atomic E-state index is 11.6. The van der Waals surface area contributed by atoms with Gasteiger partial charge in [0.15, 0.2) is 0 Å². The highest BCUT2D eigenvalue weighted by atomic mass is 32.1. The van der Waals surface area contributed by atoms with Gasteiger partial charge in [-0.1, -0.05) is 18.3 Å². The minimum atomic E-state index is -0.402. The minimum absolute atomic E-state index is 0.1000. The summed E-state index contributed by atoms with van der Waals surface area (Å²) >= 11 is 6.47. The maximum atomic E-state index is 11.6. The number of amides is 1. The first-order valence-corrected chi connectivity index (χ1v) is 6.41. The quantitative estimate of drug-likeness (QED) is 0.789. The largest absolute Gasteiger partial charge is 0.393 e. The van der Waals surface area contributed by atoms with Crippen molar-refractivity contribution in [2.75, 3.05) is 0 Å². The summed E-state index contributed by atoms with van der Waals surface area (Å²) < 4.78 is 0. The second-order valence-corrected chi connectivity index (χ2v) is 5.32. The van der Waals surface area contributed by atoms with Gasteiger partial charge in [-0.2, -0.15) is 0 Å². The third-order valence-corrected chi connectivity index (χ3v) is 3.55. The molecule has 1 amide bonds. The molecule has 2 atom stereocenters. The minimum Gasteiger partial charge on any atom is -0.393 e. The van der Waals surface area contributed by atoms with Gasteiger partial charge in [-0.3, -0.25) is 4.79 Å². The molecule has 0 aliphatic rings. The number of carbonyl (C=O) groups excluding carboxylic acids is 1. The van der Waals surface area contributed by atoms with Crippen LogP contribution in [0.15, 0.2) is 17.5 Å². The van der Waals surface area contributed by atoms with Gasteiger partial charge in [-0.25, -0.2) is 0 Å². The molecule has 2 unspecified atom stereocenters. The molecule has 5 heteroatoms. The summed E-state index contributed by atoms with van der Waals surface area (Å²) in [6.45, 7) is 3.69. The second-order valence-electron chi connectivity index (χ2n) is 3.82. The van der Waals surface area contributed by atoms with Gasteiger partial charge in [-0.05, 0) is 25.3 Å². The molecule has 16 heavy (non-hydrogen) atoms. The van der Waals surface area contributed by atoms with Gasteiger partial charge >= 0.3 is 0 Å². The molecule has 0 aromatic carbocycles. The first kappa shape index (κ1) is 13.1. The highest BCUT2D eigenvalue weighted by molar-refractivity contribution is 7.80. The van der Waals surface area contributed by atoms with Gasteiger partial charge in [0.1, 0.15) is 0 Å². The van der Waals surface area contributed by atoms with Crippen molar-refractivity contribution < 1.29 is 4.79 Å². The number of nitrogens with one attached hydrogen (secondary N) is 1. The van der Waals surface area contributed by atoms with Crippen LogP contribution in [0, 0.1) is 5.92 Å². The molecule has 1 aromatic heterocycles. The smallest absolute Gasteiger partial charge is 0.229 e. The summed E-state index contributed by atoms with van der Waals surface area (Å²) in [5.41, 5.74) is 5.42. The zero-order valence-electron chi connectivity index (χ0n) is 9.40. The van der Waals surface area contributed by atoms with E-state index < -0.39 is 5.92 Å². The lowest BCUT2D eigenvalue weighted by Crippen LogP contribution is -2.41. The van der Waals surface area contributed by atoms with Gasteiger partial charge in [0.2, 0.25) is 5.91 Å². The van der Waals surface area contributed by atoms with Crippen molar-refractivity contribution in [3.05, 3.63) is 22.4 Å². The summed E-state index contributed by atoms with van der Waals surface area (Å²) in [6.07, 6.45) is 0.841. The number of hydrogen-bond donors (Lipinski definition) is 2. The summed E-state index contributed by atoms with van der Waals surface area (Å²) in [7, 11) is 0. The van der Waals surface area contributed by atoms with Crippen molar-refractivity contribution in [1.82, 2.24) is 5.32 Å². The number of rotatable bonds is 5. The Morgan fingerprint density at radius 3 is 2.81 bits per heavy atom. The number of thiocarbonyl (C=S) groups is 1. The van der Waals surface area contributed by atoms with E-state index in [0.717, 1.165) is 6.42 Å². The number of carbonyl (C=O) groups is 1. The SMILES string of the molecule is CC(Cc1cccs1)NC(=O)C(C)C(N)=S. The molecule has 1 heterocycles. The van der Waals surface area contributed by atoms with Crippen LogP contribution in [-0.2, 0) is 11.2 Å². The van der Waals surface area contributed by atoms with E-state index in [9.17, 15) is 4.79 Å². The van der Waals surface area contributed by atoms with Crippen LogP contribution < -0.4 is 11.1 Å². The average Bonchev–Trinajstić information content (AvgIpc) is 2.68. The lowest BCUT2D eigenvalue weighted by molar-refractivity contribution is -0.123. The third-order valence-electron chi connectivity index (χ3n) is 2.30. The molecule has 88 valence electrons. The molecule has 3 N–H and O–H groups in total. The Labute approximate surface area is 105 Å². The van der Waals surface area contributed by atoms with Crippen LogP contribution in [0.1, 0.15) is 18.7 Å². The summed E-state index contributed by atoms with van der Waals surface area (Å²) in [6, 6.07) is 4.17. The van der Waals surface area contributed by atoms with Crippen LogP contribution in [0.5, 0.6) is 0 Å². The van der Waals surface area contributed by atoms with E-state index in [4.69, 9.17) is 18.0 Å². The first-order chi connectivity index (χ1) is 7.50. The molecule has 0 fully saturated rings. The Morgan fingerprint density at radius 2 is 2.31 bits per heavy atom. The fourth-order valence-corrected chi connectivity index (χ4v) is 2.22. The molecule has 0 spiro atoms. The lowest BCUT2D eigenvalue weighted by Gasteiger charge is -2.16. The Kier molecular flexibility index (Phi) is 4.89. The molecule has 0 aliphatic carbocycles. The molecule has 1 rings (SSSR count). The highest BCUT2D eigenvalue weighted by Crippen LogP contribution is 2.11. The molecule has 3 nitrogen and oxygen atoms in total. The zero-order valence-corrected chi connectivity index (χ0v) is 11.0. The standard InChI is InChI=1S/C11H16N2OS2/c1-7(6-9-4-3-5-16-9)13-11(14)8(2)10(12)15/h3-5,7-8H,6H2,1-2H3,(H2,12,15)(H,13,14). The predicted octanol–water partition coefficient (Wildman–Crippen LogP) is 1.72. The summed E-state index contributed by atoms with van der Waals surface area (Å²) in [4.78, 5) is 13.1. The molecular weight excluding hydrogens is 240 g/mol. The van der Waals surface area contributed by atoms with Crippen molar-refractivity contribution in [1.29, 1.82) is 0 Å². The summed E-state index contributed by atoms with van der Waals surface area (Å²) in [5, 5.41) is 4.93. The van der Waals surface area contributed by atoms with E-state index in [1.807, 2.05) is 18.4 Å². The van der Waals surface area contributed by atoms with Gasteiger partial charge in [0.05, 0.1) is 10.9 Å². The van der Waals surface area contributed by atoms with Gasteiger partial charge < -0.3 is 11.1 Å². The Bertz CT molecular complexity index is 362. The molecule has 0 saturated heterocycles. The predicted molar refractivity (Wildman–Crippen MR) is 71.6 cm³/mol. The summed E-state index contributed by atoms with van der Waals surface area (Å²) in [5.74, 6) is -0.502. The van der Waals surface area contributed by atoms with E-state index in [1.165, 1.54) is 4.88 Å². The molecule has 1 aromatic rings. The lowest BCUT2D eigenvalue weighted by atomic mass is 10.1. The van der Waals surface area contributed by atoms with E-state index in [0.29, 0.717) is 0 Å². The van der Waals surface area contributed by atoms with E-state index >= 15 is 0 Å². The van der Waals surface area contributed by atoms with Crippen LogP contribution in [0.25, 0.3) is 0 Å². The fourth-order valence-electron chi connectivity index (χ4n) is 1.28. The van der Waals surface area contributed by atoms with Gasteiger partial charge in [-0.15, -0.1) is 11.3 Å². The number of thiophene rings is 1. The van der Waals surface area contributed by atoms with Crippen LogP contribution in [-0.4, -0.2) is 16.9 Å². The van der Waals surface area contributed by atoms with Crippen LogP contribution in [0.2, 0.25) is 0 Å². The monoisotopic (exact) mass is 256 g/mol. The van der Waals surface area contributed by atoms with Crippen molar-refractivity contribution in [2.45, 2.75) is 26.3 Å². The van der Waals surface area contributed by atoms with Crippen molar-refractivity contribution >= 4 is 34.5 Å². The molecule has 0 bridgehead atoms. The topological polar surface area (TPSA) is 55.1 Å². The van der Waals surface area contributed by atoms with Crippen molar-refractivity contribution in [3.8, 4) is 0 Å². The van der Waals surface area contributed by atoms with Crippen LogP contribution in [0.4, 0.5) is 0 Å². The number of nitrogens with two attached hydrogens (primary N) is 1. The van der Waals surface area contributed by atoms with Gasteiger partial charge in [0, 0.05) is 17.3 Å². The Morgan fingerprint density at radius 1 is 1.62 bits per heavy atom. The van der Waals surface area contributed by atoms with Crippen molar-refractivity contribution in [2.24, 2.45) is 11.7 Å². The molecular formula is C11H16N2OS2. The Hall–Kier alpha value is -0.940. The van der Waals surface area contributed by atoms with E-state index in [-0.39, 0.29) is 16.9 Å². The third kappa shape index (κ3) is 3.90. The fraction of sp³-hybridized carbons (Fsp3) is 0.455. The average molecular weight is 256 g/mol. The van der Waals surface area contributed by atoms with E-state index in [2.05, 4.69) is 11.4 Å². The second kappa shape index (κ2) is 5.96. The van der Waals surface area contributed by atoms with Crippen LogP contribution >= 0.6 is 23.6 Å². The molecule has 0 saturated carbocycles. The molecule has 0 radical (unpaired) electrons.